The highest BCUT2D eigenvalue weighted by Crippen LogP contribution is 2.29. The van der Waals surface area contributed by atoms with Crippen LogP contribution in [-0.4, -0.2) is 19.8 Å². The van der Waals surface area contributed by atoms with Gasteiger partial charge in [-0.3, -0.25) is 0 Å². The molecule has 1 aliphatic carbocycles. The quantitative estimate of drug-likeness (QED) is 0.818. The second-order valence-corrected chi connectivity index (χ2v) is 6.18. The Morgan fingerprint density at radius 3 is 2.81 bits per heavy atom. The molecule has 1 fully saturated rings. The fourth-order valence-corrected chi connectivity index (χ4v) is 3.03. The van der Waals surface area contributed by atoms with Crippen molar-refractivity contribution in [2.75, 3.05) is 13.7 Å². The maximum atomic E-state index is 5.70. The van der Waals surface area contributed by atoms with E-state index in [4.69, 9.17) is 9.47 Å². The molecular formula is C18H29NO2. The molecule has 3 nitrogen and oxygen atoms in total. The maximum Gasteiger partial charge on any atom is 0.161 e. The average molecular weight is 291 g/mol. The molecule has 2 atom stereocenters. The first-order valence-corrected chi connectivity index (χ1v) is 8.26. The topological polar surface area (TPSA) is 30.5 Å². The van der Waals surface area contributed by atoms with Gasteiger partial charge in [0.15, 0.2) is 11.5 Å². The third-order valence-corrected chi connectivity index (χ3v) is 4.22. The Morgan fingerprint density at radius 1 is 1.24 bits per heavy atom. The van der Waals surface area contributed by atoms with Crippen LogP contribution in [0.15, 0.2) is 18.2 Å². The molecule has 0 aromatic heterocycles. The van der Waals surface area contributed by atoms with Gasteiger partial charge in [0.2, 0.25) is 0 Å². The van der Waals surface area contributed by atoms with Gasteiger partial charge in [-0.2, -0.15) is 0 Å². The van der Waals surface area contributed by atoms with Gasteiger partial charge in [0, 0.05) is 12.6 Å². The molecule has 0 spiro atoms. The van der Waals surface area contributed by atoms with E-state index in [0.717, 1.165) is 37.0 Å². The molecule has 1 saturated carbocycles. The Hall–Kier alpha value is -1.22. The zero-order valence-electron chi connectivity index (χ0n) is 13.7. The minimum absolute atomic E-state index is 0.663. The predicted octanol–water partition coefficient (Wildman–Crippen LogP) is 4.15. The smallest absolute Gasteiger partial charge is 0.161 e. The van der Waals surface area contributed by atoms with Crippen molar-refractivity contribution in [3.8, 4) is 11.5 Å². The van der Waals surface area contributed by atoms with Gasteiger partial charge in [0.05, 0.1) is 13.7 Å². The number of nitrogens with one attached hydrogen (secondary N) is 1. The molecule has 2 rings (SSSR count). The lowest BCUT2D eigenvalue weighted by Gasteiger charge is -2.27. The Kier molecular flexibility index (Phi) is 6.37. The highest BCUT2D eigenvalue weighted by atomic mass is 16.5. The van der Waals surface area contributed by atoms with Crippen LogP contribution in [0.4, 0.5) is 0 Å². The van der Waals surface area contributed by atoms with Crippen LogP contribution in [0.1, 0.15) is 51.5 Å². The number of benzene rings is 1. The summed E-state index contributed by atoms with van der Waals surface area (Å²) in [6.07, 6.45) is 6.35. The number of hydrogen-bond acceptors (Lipinski definition) is 3. The summed E-state index contributed by atoms with van der Waals surface area (Å²) in [5.41, 5.74) is 1.26. The highest BCUT2D eigenvalue weighted by molar-refractivity contribution is 5.42. The number of rotatable bonds is 7. The SMILES string of the molecule is CCCOc1ccc(CNC2CCCC(C)C2)cc1OC. The van der Waals surface area contributed by atoms with Crippen molar-refractivity contribution in [3.63, 3.8) is 0 Å². The van der Waals surface area contributed by atoms with E-state index in [-0.39, 0.29) is 0 Å². The maximum absolute atomic E-state index is 5.70. The van der Waals surface area contributed by atoms with Gasteiger partial charge in [0.1, 0.15) is 0 Å². The van der Waals surface area contributed by atoms with Crippen LogP contribution in [0, 0.1) is 5.92 Å². The summed E-state index contributed by atoms with van der Waals surface area (Å²) >= 11 is 0. The minimum Gasteiger partial charge on any atom is -0.493 e. The van der Waals surface area contributed by atoms with E-state index < -0.39 is 0 Å². The Balaban J connectivity index is 1.90. The van der Waals surface area contributed by atoms with Gasteiger partial charge in [-0.05, 0) is 42.9 Å². The van der Waals surface area contributed by atoms with Crippen molar-refractivity contribution in [3.05, 3.63) is 23.8 Å². The lowest BCUT2D eigenvalue weighted by Crippen LogP contribution is -2.33. The van der Waals surface area contributed by atoms with Crippen molar-refractivity contribution < 1.29 is 9.47 Å². The summed E-state index contributed by atoms with van der Waals surface area (Å²) in [5.74, 6) is 2.53. The first-order valence-electron chi connectivity index (χ1n) is 8.26. The molecule has 3 heteroatoms. The van der Waals surface area contributed by atoms with Crippen molar-refractivity contribution in [1.82, 2.24) is 5.32 Å². The molecule has 0 aliphatic heterocycles. The Labute approximate surface area is 129 Å². The average Bonchev–Trinajstić information content (AvgIpc) is 2.51. The lowest BCUT2D eigenvalue weighted by atomic mass is 9.87. The summed E-state index contributed by atoms with van der Waals surface area (Å²) in [6.45, 7) is 6.10. The van der Waals surface area contributed by atoms with Crippen LogP contribution < -0.4 is 14.8 Å². The molecule has 0 amide bonds. The van der Waals surface area contributed by atoms with Crippen molar-refractivity contribution >= 4 is 0 Å². The van der Waals surface area contributed by atoms with E-state index in [9.17, 15) is 0 Å². The van der Waals surface area contributed by atoms with Crippen LogP contribution in [0.25, 0.3) is 0 Å². The molecule has 1 aromatic carbocycles. The van der Waals surface area contributed by atoms with Crippen molar-refractivity contribution in [2.45, 2.75) is 58.5 Å². The number of methoxy groups -OCH3 is 1. The van der Waals surface area contributed by atoms with E-state index in [1.807, 2.05) is 6.07 Å². The zero-order valence-corrected chi connectivity index (χ0v) is 13.7. The molecular weight excluding hydrogens is 262 g/mol. The van der Waals surface area contributed by atoms with Crippen LogP contribution in [0.2, 0.25) is 0 Å². The van der Waals surface area contributed by atoms with E-state index in [0.29, 0.717) is 6.04 Å². The summed E-state index contributed by atoms with van der Waals surface area (Å²) in [5, 5.41) is 3.69. The summed E-state index contributed by atoms with van der Waals surface area (Å²) in [4.78, 5) is 0. The first-order chi connectivity index (χ1) is 10.2. The highest BCUT2D eigenvalue weighted by Gasteiger charge is 2.18. The van der Waals surface area contributed by atoms with Crippen molar-refractivity contribution in [2.24, 2.45) is 5.92 Å². The van der Waals surface area contributed by atoms with Gasteiger partial charge in [-0.1, -0.05) is 32.8 Å². The Bertz CT molecular complexity index is 433. The van der Waals surface area contributed by atoms with Crippen LogP contribution >= 0.6 is 0 Å². The van der Waals surface area contributed by atoms with Crippen molar-refractivity contribution in [1.29, 1.82) is 0 Å². The normalized spacial score (nSPS) is 22.0. The number of hydrogen-bond donors (Lipinski definition) is 1. The molecule has 21 heavy (non-hydrogen) atoms. The van der Waals surface area contributed by atoms with E-state index in [2.05, 4.69) is 31.3 Å². The molecule has 118 valence electrons. The number of ether oxygens (including phenoxy) is 2. The fraction of sp³-hybridized carbons (Fsp3) is 0.667. The minimum atomic E-state index is 0.663. The van der Waals surface area contributed by atoms with Gasteiger partial charge in [0.25, 0.3) is 0 Å². The van der Waals surface area contributed by atoms with E-state index in [1.54, 1.807) is 7.11 Å². The largest absolute Gasteiger partial charge is 0.493 e. The van der Waals surface area contributed by atoms with Crippen LogP contribution in [0.3, 0.4) is 0 Å². The standard InChI is InChI=1S/C18H29NO2/c1-4-10-21-17-9-8-15(12-18(17)20-3)13-19-16-7-5-6-14(2)11-16/h8-9,12,14,16,19H,4-7,10-11,13H2,1-3H3. The third-order valence-electron chi connectivity index (χ3n) is 4.22. The molecule has 1 aliphatic rings. The second kappa shape index (κ2) is 8.28. The fourth-order valence-electron chi connectivity index (χ4n) is 3.03. The first kappa shape index (κ1) is 16.2. The molecule has 1 aromatic rings. The summed E-state index contributed by atoms with van der Waals surface area (Å²) in [6, 6.07) is 6.90. The zero-order chi connectivity index (χ0) is 15.1. The monoisotopic (exact) mass is 291 g/mol. The predicted molar refractivity (Wildman–Crippen MR) is 87.0 cm³/mol. The van der Waals surface area contributed by atoms with Gasteiger partial charge >= 0.3 is 0 Å². The van der Waals surface area contributed by atoms with Gasteiger partial charge < -0.3 is 14.8 Å². The molecule has 0 bridgehead atoms. The van der Waals surface area contributed by atoms with E-state index in [1.165, 1.54) is 31.2 Å². The van der Waals surface area contributed by atoms with Crippen LogP contribution in [0.5, 0.6) is 11.5 Å². The summed E-state index contributed by atoms with van der Waals surface area (Å²) in [7, 11) is 1.70. The molecule has 1 N–H and O–H groups in total. The van der Waals surface area contributed by atoms with E-state index >= 15 is 0 Å². The van der Waals surface area contributed by atoms with Gasteiger partial charge in [-0.25, -0.2) is 0 Å². The second-order valence-electron chi connectivity index (χ2n) is 6.18. The van der Waals surface area contributed by atoms with Gasteiger partial charge in [-0.15, -0.1) is 0 Å². The summed E-state index contributed by atoms with van der Waals surface area (Å²) < 4.78 is 11.1. The third kappa shape index (κ3) is 4.92. The molecule has 0 radical (unpaired) electrons. The lowest BCUT2D eigenvalue weighted by molar-refractivity contribution is 0.292. The molecule has 0 saturated heterocycles. The van der Waals surface area contributed by atoms with Crippen LogP contribution in [-0.2, 0) is 6.54 Å². The molecule has 2 unspecified atom stereocenters. The Morgan fingerprint density at radius 2 is 2.10 bits per heavy atom. The molecule has 0 heterocycles.